The number of benzene rings is 1. The summed E-state index contributed by atoms with van der Waals surface area (Å²) in [6.07, 6.45) is 4.24. The van der Waals surface area contributed by atoms with Crippen LogP contribution in [0.3, 0.4) is 0 Å². The zero-order valence-electron chi connectivity index (χ0n) is 14.3. The molecule has 0 atom stereocenters. The fraction of sp³-hybridized carbons (Fsp3) is 0.211. The second-order valence-corrected chi connectivity index (χ2v) is 6.54. The van der Waals surface area contributed by atoms with E-state index >= 15 is 0 Å². The van der Waals surface area contributed by atoms with Gasteiger partial charge in [0.05, 0.1) is 12.1 Å². The van der Waals surface area contributed by atoms with Crippen LogP contribution >= 0.6 is 11.3 Å². The Labute approximate surface area is 159 Å². The molecule has 1 N–H and O–H groups in total. The third kappa shape index (κ3) is 5.82. The highest BCUT2D eigenvalue weighted by Gasteiger charge is 2.09. The maximum absolute atomic E-state index is 12.1. The molecule has 2 aromatic heterocycles. The fourth-order valence-electron chi connectivity index (χ4n) is 2.42. The van der Waals surface area contributed by atoms with E-state index < -0.39 is 6.61 Å². The number of carbonyl (C=O) groups is 1. The summed E-state index contributed by atoms with van der Waals surface area (Å²) >= 11 is 1.47. The topological polar surface area (TPSA) is 64.1 Å². The molecule has 0 bridgehead atoms. The standard InChI is InChI=1S/C19H17F2N3O2S/c20-19(21)26-16-5-3-13(4-6-16)7-9-23-17(25)10-15-12-27-18(24-15)14-2-1-8-22-11-14/h1-6,8,11-12,19H,7,9-10H2,(H,23,25). The molecule has 0 fully saturated rings. The summed E-state index contributed by atoms with van der Waals surface area (Å²) in [6, 6.07) is 10.1. The highest BCUT2D eigenvalue weighted by molar-refractivity contribution is 7.13. The molecular weight excluding hydrogens is 372 g/mol. The van der Waals surface area contributed by atoms with Gasteiger partial charge < -0.3 is 10.1 Å². The molecule has 5 nitrogen and oxygen atoms in total. The Morgan fingerprint density at radius 3 is 2.74 bits per heavy atom. The van der Waals surface area contributed by atoms with Gasteiger partial charge in [-0.1, -0.05) is 12.1 Å². The van der Waals surface area contributed by atoms with Gasteiger partial charge >= 0.3 is 6.61 Å². The lowest BCUT2D eigenvalue weighted by molar-refractivity contribution is -0.120. The SMILES string of the molecule is O=C(Cc1csc(-c2cccnc2)n1)NCCc1ccc(OC(F)F)cc1. The minimum atomic E-state index is -2.83. The first-order chi connectivity index (χ1) is 13.1. The minimum absolute atomic E-state index is 0.115. The number of aromatic nitrogens is 2. The number of carbonyl (C=O) groups excluding carboxylic acids is 1. The van der Waals surface area contributed by atoms with E-state index in [9.17, 15) is 13.6 Å². The first-order valence-corrected chi connectivity index (χ1v) is 9.13. The summed E-state index contributed by atoms with van der Waals surface area (Å²) in [7, 11) is 0. The van der Waals surface area contributed by atoms with Gasteiger partial charge in [0.2, 0.25) is 5.91 Å². The molecule has 0 aliphatic carbocycles. The summed E-state index contributed by atoms with van der Waals surface area (Å²) in [5.74, 6) is 0.00132. The molecule has 0 saturated heterocycles. The Balaban J connectivity index is 1.44. The van der Waals surface area contributed by atoms with Crippen molar-refractivity contribution < 1.29 is 18.3 Å². The molecular formula is C19H17F2N3O2S. The molecule has 0 saturated carbocycles. The van der Waals surface area contributed by atoms with E-state index in [1.807, 2.05) is 17.5 Å². The van der Waals surface area contributed by atoms with Gasteiger partial charge in [-0.3, -0.25) is 9.78 Å². The second-order valence-electron chi connectivity index (χ2n) is 5.68. The minimum Gasteiger partial charge on any atom is -0.435 e. The quantitative estimate of drug-likeness (QED) is 0.638. The monoisotopic (exact) mass is 389 g/mol. The lowest BCUT2D eigenvalue weighted by atomic mass is 10.1. The van der Waals surface area contributed by atoms with Crippen LogP contribution in [0.15, 0.2) is 54.2 Å². The molecule has 1 aromatic carbocycles. The Morgan fingerprint density at radius 1 is 1.22 bits per heavy atom. The van der Waals surface area contributed by atoms with Crippen LogP contribution in [0, 0.1) is 0 Å². The lowest BCUT2D eigenvalue weighted by Crippen LogP contribution is -2.27. The highest BCUT2D eigenvalue weighted by Crippen LogP contribution is 2.22. The van der Waals surface area contributed by atoms with Crippen molar-refractivity contribution in [3.05, 3.63) is 65.4 Å². The van der Waals surface area contributed by atoms with Crippen molar-refractivity contribution in [3.8, 4) is 16.3 Å². The summed E-state index contributed by atoms with van der Waals surface area (Å²) in [4.78, 5) is 20.6. The number of alkyl halides is 2. The molecule has 0 radical (unpaired) electrons. The zero-order valence-corrected chi connectivity index (χ0v) is 15.1. The first-order valence-electron chi connectivity index (χ1n) is 8.25. The van der Waals surface area contributed by atoms with Gasteiger partial charge in [0.15, 0.2) is 0 Å². The Bertz CT molecular complexity index is 870. The number of hydrogen-bond acceptors (Lipinski definition) is 5. The van der Waals surface area contributed by atoms with Crippen LogP contribution in [0.2, 0.25) is 0 Å². The van der Waals surface area contributed by atoms with Gasteiger partial charge in [0, 0.05) is 29.9 Å². The van der Waals surface area contributed by atoms with E-state index in [-0.39, 0.29) is 18.1 Å². The van der Waals surface area contributed by atoms with Gasteiger partial charge in [-0.25, -0.2) is 4.98 Å². The summed E-state index contributed by atoms with van der Waals surface area (Å²) < 4.78 is 28.5. The third-order valence-electron chi connectivity index (χ3n) is 3.69. The normalized spacial score (nSPS) is 10.8. The molecule has 3 aromatic rings. The number of halogens is 2. The largest absolute Gasteiger partial charge is 0.435 e. The number of hydrogen-bond donors (Lipinski definition) is 1. The smallest absolute Gasteiger partial charge is 0.387 e. The predicted molar refractivity (Wildman–Crippen MR) is 98.8 cm³/mol. The van der Waals surface area contributed by atoms with Gasteiger partial charge in [-0.15, -0.1) is 11.3 Å². The average Bonchev–Trinajstić information content (AvgIpc) is 3.12. The van der Waals surface area contributed by atoms with Crippen LogP contribution in [-0.4, -0.2) is 29.0 Å². The number of amides is 1. The Morgan fingerprint density at radius 2 is 2.04 bits per heavy atom. The molecule has 8 heteroatoms. The number of pyridine rings is 1. The molecule has 27 heavy (non-hydrogen) atoms. The van der Waals surface area contributed by atoms with E-state index in [2.05, 4.69) is 20.0 Å². The van der Waals surface area contributed by atoms with Gasteiger partial charge in [-0.05, 0) is 36.2 Å². The summed E-state index contributed by atoms with van der Waals surface area (Å²) in [5.41, 5.74) is 2.56. The van der Waals surface area contributed by atoms with Crippen molar-refractivity contribution in [2.24, 2.45) is 0 Å². The van der Waals surface area contributed by atoms with Gasteiger partial charge in [0.25, 0.3) is 0 Å². The molecule has 0 aliphatic heterocycles. The second kappa shape index (κ2) is 9.18. The maximum Gasteiger partial charge on any atom is 0.387 e. The molecule has 140 valence electrons. The molecule has 3 rings (SSSR count). The summed E-state index contributed by atoms with van der Waals surface area (Å²) in [6.45, 7) is -2.38. The van der Waals surface area contributed by atoms with Crippen LogP contribution < -0.4 is 10.1 Å². The molecule has 0 unspecified atom stereocenters. The number of nitrogens with zero attached hydrogens (tertiary/aromatic N) is 2. The van der Waals surface area contributed by atoms with Crippen molar-refractivity contribution in [1.29, 1.82) is 0 Å². The van der Waals surface area contributed by atoms with Crippen LogP contribution in [0.5, 0.6) is 5.75 Å². The van der Waals surface area contributed by atoms with Crippen molar-refractivity contribution in [3.63, 3.8) is 0 Å². The molecule has 0 spiro atoms. The lowest BCUT2D eigenvalue weighted by Gasteiger charge is -2.07. The fourth-order valence-corrected chi connectivity index (χ4v) is 3.23. The number of rotatable bonds is 8. The van der Waals surface area contributed by atoms with Crippen molar-refractivity contribution in [2.45, 2.75) is 19.5 Å². The van der Waals surface area contributed by atoms with Crippen LogP contribution in [0.1, 0.15) is 11.3 Å². The van der Waals surface area contributed by atoms with Gasteiger partial charge in [-0.2, -0.15) is 8.78 Å². The van der Waals surface area contributed by atoms with Crippen molar-refractivity contribution >= 4 is 17.2 Å². The Hall–Kier alpha value is -2.87. The Kier molecular flexibility index (Phi) is 6.43. The van der Waals surface area contributed by atoms with E-state index in [1.54, 1.807) is 24.5 Å². The zero-order chi connectivity index (χ0) is 19.1. The highest BCUT2D eigenvalue weighted by atomic mass is 32.1. The van der Waals surface area contributed by atoms with Crippen molar-refractivity contribution in [1.82, 2.24) is 15.3 Å². The van der Waals surface area contributed by atoms with Crippen LogP contribution in [-0.2, 0) is 17.6 Å². The van der Waals surface area contributed by atoms with Crippen LogP contribution in [0.4, 0.5) is 8.78 Å². The predicted octanol–water partition coefficient (Wildman–Crippen LogP) is 3.71. The number of thiazole rings is 1. The number of ether oxygens (including phenoxy) is 1. The van der Waals surface area contributed by atoms with Gasteiger partial charge in [0.1, 0.15) is 10.8 Å². The number of nitrogens with one attached hydrogen (secondary N) is 1. The van der Waals surface area contributed by atoms with Crippen molar-refractivity contribution in [2.75, 3.05) is 6.54 Å². The van der Waals surface area contributed by atoms with E-state index in [0.717, 1.165) is 16.1 Å². The molecule has 0 aliphatic rings. The van der Waals surface area contributed by atoms with E-state index in [0.29, 0.717) is 18.7 Å². The molecule has 2 heterocycles. The molecule has 1 amide bonds. The van der Waals surface area contributed by atoms with E-state index in [1.165, 1.54) is 23.5 Å². The van der Waals surface area contributed by atoms with E-state index in [4.69, 9.17) is 0 Å². The first kappa shape index (κ1) is 18.9. The third-order valence-corrected chi connectivity index (χ3v) is 4.63. The van der Waals surface area contributed by atoms with Crippen LogP contribution in [0.25, 0.3) is 10.6 Å². The maximum atomic E-state index is 12.1. The summed E-state index contributed by atoms with van der Waals surface area (Å²) in [5, 5.41) is 5.53. The average molecular weight is 389 g/mol.